The van der Waals surface area contributed by atoms with Crippen LogP contribution in [0.5, 0.6) is 5.75 Å². The lowest BCUT2D eigenvalue weighted by atomic mass is 10.1. The number of rotatable bonds is 8. The van der Waals surface area contributed by atoms with E-state index >= 15 is 0 Å². The van der Waals surface area contributed by atoms with Crippen LogP contribution < -0.4 is 10.1 Å². The van der Waals surface area contributed by atoms with E-state index in [9.17, 15) is 9.90 Å². The van der Waals surface area contributed by atoms with Crippen LogP contribution in [0.1, 0.15) is 34.8 Å². The molecule has 0 aliphatic carbocycles. The molecule has 1 aromatic heterocycles. The van der Waals surface area contributed by atoms with Crippen molar-refractivity contribution in [2.75, 3.05) is 6.54 Å². The summed E-state index contributed by atoms with van der Waals surface area (Å²) in [6.45, 7) is 2.92. The molecule has 1 heterocycles. The van der Waals surface area contributed by atoms with E-state index in [1.165, 1.54) is 0 Å². The van der Waals surface area contributed by atoms with Gasteiger partial charge in [0.05, 0.1) is 6.10 Å². The number of carbonyl (C=O) groups excluding carboxylic acids is 1. The van der Waals surface area contributed by atoms with E-state index in [1.54, 1.807) is 28.9 Å². The SMILES string of the molecule is CCn1nnnc1COc1cccc(C(=O)NCC(O)c2ccccc2)c1. The quantitative estimate of drug-likeness (QED) is 0.629. The lowest BCUT2D eigenvalue weighted by molar-refractivity contribution is 0.0916. The van der Waals surface area contributed by atoms with E-state index in [1.807, 2.05) is 37.3 Å². The van der Waals surface area contributed by atoms with Crippen LogP contribution in [0.4, 0.5) is 0 Å². The number of aromatic nitrogens is 4. The Morgan fingerprint density at radius 2 is 2.04 bits per heavy atom. The highest BCUT2D eigenvalue weighted by atomic mass is 16.5. The van der Waals surface area contributed by atoms with Gasteiger partial charge in [0.15, 0.2) is 5.82 Å². The average Bonchev–Trinajstić information content (AvgIpc) is 3.18. The first-order valence-electron chi connectivity index (χ1n) is 8.66. The number of carbonyl (C=O) groups is 1. The molecule has 0 aliphatic heterocycles. The highest BCUT2D eigenvalue weighted by Gasteiger charge is 2.12. The standard InChI is InChI=1S/C19H21N5O3/c1-2-24-18(21-22-23-24)13-27-16-10-6-9-15(11-16)19(26)20-12-17(25)14-7-4-3-5-8-14/h3-11,17,25H,2,12-13H2,1H3,(H,20,26). The summed E-state index contributed by atoms with van der Waals surface area (Å²) in [5, 5.41) is 24.2. The van der Waals surface area contributed by atoms with Gasteiger partial charge in [0, 0.05) is 18.7 Å². The number of nitrogens with one attached hydrogen (secondary N) is 1. The van der Waals surface area contributed by atoms with Crippen LogP contribution in [-0.4, -0.2) is 37.8 Å². The number of hydrogen-bond acceptors (Lipinski definition) is 6. The Hall–Kier alpha value is -3.26. The molecule has 0 saturated heterocycles. The third kappa shape index (κ3) is 4.89. The smallest absolute Gasteiger partial charge is 0.251 e. The monoisotopic (exact) mass is 367 g/mol. The summed E-state index contributed by atoms with van der Waals surface area (Å²) in [7, 11) is 0. The van der Waals surface area contributed by atoms with Crippen LogP contribution in [-0.2, 0) is 13.2 Å². The van der Waals surface area contributed by atoms with Gasteiger partial charge < -0.3 is 15.2 Å². The second-order valence-electron chi connectivity index (χ2n) is 5.86. The minimum Gasteiger partial charge on any atom is -0.486 e. The summed E-state index contributed by atoms with van der Waals surface area (Å²) in [5.41, 5.74) is 1.20. The summed E-state index contributed by atoms with van der Waals surface area (Å²) >= 11 is 0. The molecule has 3 rings (SSSR count). The Labute approximate surface area is 156 Å². The normalized spacial score (nSPS) is 11.8. The molecule has 27 heavy (non-hydrogen) atoms. The molecule has 3 aromatic rings. The predicted molar refractivity (Wildman–Crippen MR) is 98.0 cm³/mol. The molecule has 2 aromatic carbocycles. The van der Waals surface area contributed by atoms with E-state index in [4.69, 9.17) is 4.74 Å². The van der Waals surface area contributed by atoms with E-state index in [0.29, 0.717) is 23.7 Å². The fraction of sp³-hybridized carbons (Fsp3) is 0.263. The lowest BCUT2D eigenvalue weighted by Gasteiger charge is -2.13. The molecule has 0 saturated carbocycles. The molecule has 0 bridgehead atoms. The van der Waals surface area contributed by atoms with Gasteiger partial charge in [-0.15, -0.1) is 5.10 Å². The van der Waals surface area contributed by atoms with Gasteiger partial charge in [-0.25, -0.2) is 4.68 Å². The second-order valence-corrected chi connectivity index (χ2v) is 5.86. The average molecular weight is 367 g/mol. The van der Waals surface area contributed by atoms with Crippen molar-refractivity contribution in [2.45, 2.75) is 26.2 Å². The number of aliphatic hydroxyl groups is 1. The van der Waals surface area contributed by atoms with Crippen molar-refractivity contribution < 1.29 is 14.6 Å². The Morgan fingerprint density at radius 1 is 1.22 bits per heavy atom. The van der Waals surface area contributed by atoms with Gasteiger partial charge in [-0.05, 0) is 41.1 Å². The summed E-state index contributed by atoms with van der Waals surface area (Å²) in [6, 6.07) is 16.0. The number of nitrogens with zero attached hydrogens (tertiary/aromatic N) is 4. The molecule has 140 valence electrons. The summed E-state index contributed by atoms with van der Waals surface area (Å²) in [4.78, 5) is 12.4. The zero-order chi connectivity index (χ0) is 19.1. The summed E-state index contributed by atoms with van der Waals surface area (Å²) in [6.07, 6.45) is -0.762. The number of aryl methyl sites for hydroxylation is 1. The largest absolute Gasteiger partial charge is 0.486 e. The molecule has 2 N–H and O–H groups in total. The first-order valence-corrected chi connectivity index (χ1v) is 8.66. The van der Waals surface area contributed by atoms with Crippen molar-refractivity contribution >= 4 is 5.91 Å². The number of benzene rings is 2. The minimum absolute atomic E-state index is 0.124. The zero-order valence-electron chi connectivity index (χ0n) is 14.9. The van der Waals surface area contributed by atoms with E-state index in [2.05, 4.69) is 20.8 Å². The van der Waals surface area contributed by atoms with Crippen molar-refractivity contribution in [3.63, 3.8) is 0 Å². The first-order chi connectivity index (χ1) is 13.2. The van der Waals surface area contributed by atoms with Crippen LogP contribution in [0, 0.1) is 0 Å². The summed E-state index contributed by atoms with van der Waals surface area (Å²) < 4.78 is 7.33. The maximum absolute atomic E-state index is 12.4. The zero-order valence-corrected chi connectivity index (χ0v) is 14.9. The summed E-state index contributed by atoms with van der Waals surface area (Å²) in [5.74, 6) is 0.865. The van der Waals surface area contributed by atoms with Crippen LogP contribution >= 0.6 is 0 Å². The molecule has 1 amide bonds. The Morgan fingerprint density at radius 3 is 2.81 bits per heavy atom. The van der Waals surface area contributed by atoms with Gasteiger partial charge in [-0.1, -0.05) is 36.4 Å². The topological polar surface area (TPSA) is 102 Å². The molecule has 8 nitrogen and oxygen atoms in total. The number of tetrazole rings is 1. The van der Waals surface area contributed by atoms with E-state index in [0.717, 1.165) is 5.56 Å². The Balaban J connectivity index is 1.57. The van der Waals surface area contributed by atoms with Crippen LogP contribution in [0.3, 0.4) is 0 Å². The lowest BCUT2D eigenvalue weighted by Crippen LogP contribution is -2.28. The molecule has 8 heteroatoms. The maximum Gasteiger partial charge on any atom is 0.251 e. The van der Waals surface area contributed by atoms with Crippen LogP contribution in [0.15, 0.2) is 54.6 Å². The molecular formula is C19H21N5O3. The predicted octanol–water partition coefficient (Wildman–Crippen LogP) is 1.74. The third-order valence-corrected chi connectivity index (χ3v) is 4.01. The van der Waals surface area contributed by atoms with Gasteiger partial charge in [0.2, 0.25) is 0 Å². The van der Waals surface area contributed by atoms with Crippen molar-refractivity contribution in [3.8, 4) is 5.75 Å². The fourth-order valence-corrected chi connectivity index (χ4v) is 2.53. The number of hydrogen-bond donors (Lipinski definition) is 2. The van der Waals surface area contributed by atoms with Crippen molar-refractivity contribution in [3.05, 3.63) is 71.5 Å². The van der Waals surface area contributed by atoms with E-state index < -0.39 is 6.10 Å². The molecule has 1 atom stereocenters. The molecule has 0 fully saturated rings. The van der Waals surface area contributed by atoms with Gasteiger partial charge in [-0.2, -0.15) is 0 Å². The molecule has 1 unspecified atom stereocenters. The van der Waals surface area contributed by atoms with Crippen molar-refractivity contribution in [2.24, 2.45) is 0 Å². The van der Waals surface area contributed by atoms with Crippen LogP contribution in [0.25, 0.3) is 0 Å². The van der Waals surface area contributed by atoms with Gasteiger partial charge in [0.25, 0.3) is 5.91 Å². The van der Waals surface area contributed by atoms with Gasteiger partial charge >= 0.3 is 0 Å². The van der Waals surface area contributed by atoms with Crippen molar-refractivity contribution in [1.82, 2.24) is 25.5 Å². The van der Waals surface area contributed by atoms with Gasteiger partial charge in [-0.3, -0.25) is 4.79 Å². The third-order valence-electron chi connectivity index (χ3n) is 4.01. The molecule has 0 spiro atoms. The van der Waals surface area contributed by atoms with Gasteiger partial charge in [0.1, 0.15) is 12.4 Å². The Bertz CT molecular complexity index is 882. The second kappa shape index (κ2) is 8.91. The molecule has 0 aliphatic rings. The van der Waals surface area contributed by atoms with Crippen molar-refractivity contribution in [1.29, 1.82) is 0 Å². The molecule has 0 radical (unpaired) electrons. The first kappa shape index (κ1) is 18.5. The number of amides is 1. The maximum atomic E-state index is 12.4. The highest BCUT2D eigenvalue weighted by Crippen LogP contribution is 2.15. The van der Waals surface area contributed by atoms with E-state index in [-0.39, 0.29) is 19.1 Å². The Kier molecular flexibility index (Phi) is 6.11. The highest BCUT2D eigenvalue weighted by molar-refractivity contribution is 5.94. The number of aliphatic hydroxyl groups excluding tert-OH is 1. The number of ether oxygens (including phenoxy) is 1. The fourth-order valence-electron chi connectivity index (χ4n) is 2.53. The molecular weight excluding hydrogens is 346 g/mol. The minimum atomic E-state index is -0.762. The van der Waals surface area contributed by atoms with Crippen LogP contribution in [0.2, 0.25) is 0 Å².